The van der Waals surface area contributed by atoms with Gasteiger partial charge in [0.1, 0.15) is 18.0 Å². The Morgan fingerprint density at radius 3 is 2.60 bits per heavy atom. The molecule has 1 aromatic carbocycles. The first-order valence-corrected chi connectivity index (χ1v) is 13.9. The van der Waals surface area contributed by atoms with Gasteiger partial charge in [-0.05, 0) is 71.9 Å². The zero-order valence-corrected chi connectivity index (χ0v) is 22.9. The van der Waals surface area contributed by atoms with Crippen LogP contribution in [0.1, 0.15) is 58.8 Å². The van der Waals surface area contributed by atoms with Gasteiger partial charge in [0.15, 0.2) is 0 Å². The van der Waals surface area contributed by atoms with Gasteiger partial charge in [-0.25, -0.2) is 0 Å². The van der Waals surface area contributed by atoms with Gasteiger partial charge >= 0.3 is 0 Å². The molecule has 0 radical (unpaired) electrons. The van der Waals surface area contributed by atoms with Crippen molar-refractivity contribution in [1.29, 1.82) is 0 Å². The summed E-state index contributed by atoms with van der Waals surface area (Å²) in [7, 11) is 0. The van der Waals surface area contributed by atoms with Crippen LogP contribution in [0.4, 0.5) is 0 Å². The molecule has 3 rings (SSSR count). The fourth-order valence-electron chi connectivity index (χ4n) is 4.92. The number of carbonyl (C=O) groups is 2. The minimum absolute atomic E-state index is 0.0478. The Morgan fingerprint density at radius 2 is 1.94 bits per heavy atom. The Bertz CT molecular complexity index is 884. The van der Waals surface area contributed by atoms with Crippen molar-refractivity contribution in [1.82, 2.24) is 10.2 Å². The number of ether oxygens (including phenoxy) is 1. The molecule has 3 atom stereocenters. The first-order chi connectivity index (χ1) is 16.8. The molecule has 194 valence electrons. The standard InChI is InChI=1S/C27H39IN2O5/c1-18(2)11-13-30(25(32)15-19-7-3-4-8-19)22-16-20(27(34)29-12-14-31)17-24(26(22)33)35-23-10-6-5-9-21(23)28/h5-6,9-10,17-19,22,24,26,31,33H,3-4,7-8,11-16H2,1-2H3,(H,29,34). The molecule has 1 aromatic rings. The third-order valence-corrected chi connectivity index (χ3v) is 7.81. The summed E-state index contributed by atoms with van der Waals surface area (Å²) in [5.74, 6) is 1.16. The molecule has 8 heteroatoms. The smallest absolute Gasteiger partial charge is 0.247 e. The van der Waals surface area contributed by atoms with Gasteiger partial charge in [-0.3, -0.25) is 9.59 Å². The summed E-state index contributed by atoms with van der Waals surface area (Å²) in [6, 6.07) is 6.96. The minimum Gasteiger partial charge on any atom is -0.482 e. The highest BCUT2D eigenvalue weighted by atomic mass is 127. The van der Waals surface area contributed by atoms with Crippen molar-refractivity contribution in [2.24, 2.45) is 11.8 Å². The van der Waals surface area contributed by atoms with Gasteiger partial charge in [-0.15, -0.1) is 0 Å². The number of benzene rings is 1. The Kier molecular flexibility index (Phi) is 10.9. The van der Waals surface area contributed by atoms with Crippen molar-refractivity contribution in [3.63, 3.8) is 0 Å². The van der Waals surface area contributed by atoms with Crippen molar-refractivity contribution >= 4 is 34.4 Å². The molecule has 0 aliphatic heterocycles. The molecule has 0 aromatic heterocycles. The minimum atomic E-state index is -0.972. The number of rotatable bonds is 11. The summed E-state index contributed by atoms with van der Waals surface area (Å²) < 4.78 is 7.10. The van der Waals surface area contributed by atoms with E-state index in [0.717, 1.165) is 22.8 Å². The molecule has 0 saturated heterocycles. The normalized spacial score (nSPS) is 22.7. The number of aliphatic hydroxyl groups is 2. The molecule has 0 bridgehead atoms. The molecule has 3 unspecified atom stereocenters. The first-order valence-electron chi connectivity index (χ1n) is 12.8. The molecule has 2 aliphatic carbocycles. The van der Waals surface area contributed by atoms with Gasteiger partial charge in [0, 0.05) is 31.5 Å². The number of nitrogens with zero attached hydrogens (tertiary/aromatic N) is 1. The van der Waals surface area contributed by atoms with Crippen LogP contribution in [-0.2, 0) is 9.59 Å². The second-order valence-corrected chi connectivity index (χ2v) is 11.2. The number of carbonyl (C=O) groups excluding carboxylic acids is 2. The van der Waals surface area contributed by atoms with E-state index in [1.54, 1.807) is 6.08 Å². The summed E-state index contributed by atoms with van der Waals surface area (Å²) in [6.45, 7) is 4.75. The van der Waals surface area contributed by atoms with E-state index in [1.165, 1.54) is 12.8 Å². The van der Waals surface area contributed by atoms with E-state index in [9.17, 15) is 14.7 Å². The number of aliphatic hydroxyl groups excluding tert-OH is 2. The van der Waals surface area contributed by atoms with Gasteiger partial charge < -0.3 is 25.2 Å². The lowest BCUT2D eigenvalue weighted by Crippen LogP contribution is -2.55. The van der Waals surface area contributed by atoms with E-state index in [1.807, 2.05) is 29.2 Å². The van der Waals surface area contributed by atoms with Crippen LogP contribution in [0.2, 0.25) is 0 Å². The molecule has 2 aliphatic rings. The van der Waals surface area contributed by atoms with E-state index in [-0.39, 0.29) is 31.4 Å². The van der Waals surface area contributed by atoms with Crippen LogP contribution in [0, 0.1) is 15.4 Å². The van der Waals surface area contributed by atoms with Gasteiger partial charge in [0.05, 0.1) is 16.2 Å². The van der Waals surface area contributed by atoms with E-state index < -0.39 is 18.2 Å². The molecule has 2 amide bonds. The molecule has 7 nitrogen and oxygen atoms in total. The van der Waals surface area contributed by atoms with Crippen LogP contribution in [0.5, 0.6) is 5.75 Å². The van der Waals surface area contributed by atoms with Crippen LogP contribution in [0.3, 0.4) is 0 Å². The predicted molar refractivity (Wildman–Crippen MR) is 144 cm³/mol. The maximum atomic E-state index is 13.5. The number of halogens is 1. The lowest BCUT2D eigenvalue weighted by molar-refractivity contribution is -0.139. The fraction of sp³-hybridized carbons (Fsp3) is 0.630. The molecule has 0 heterocycles. The van der Waals surface area contributed by atoms with E-state index in [0.29, 0.717) is 36.1 Å². The van der Waals surface area contributed by atoms with Crippen molar-refractivity contribution in [3.8, 4) is 5.75 Å². The van der Waals surface area contributed by atoms with Crippen LogP contribution in [0.25, 0.3) is 0 Å². The molecule has 1 saturated carbocycles. The maximum Gasteiger partial charge on any atom is 0.247 e. The molecule has 3 N–H and O–H groups in total. The van der Waals surface area contributed by atoms with Gasteiger partial charge in [-0.1, -0.05) is 38.8 Å². The largest absolute Gasteiger partial charge is 0.482 e. The lowest BCUT2D eigenvalue weighted by atomic mass is 9.87. The number of nitrogens with one attached hydrogen (secondary N) is 1. The zero-order chi connectivity index (χ0) is 25.4. The topological polar surface area (TPSA) is 99.1 Å². The maximum absolute atomic E-state index is 13.5. The van der Waals surface area contributed by atoms with Crippen molar-refractivity contribution < 1.29 is 24.5 Å². The Balaban J connectivity index is 1.89. The summed E-state index contributed by atoms with van der Waals surface area (Å²) >= 11 is 2.18. The van der Waals surface area contributed by atoms with E-state index in [2.05, 4.69) is 41.8 Å². The number of para-hydroxylation sites is 1. The van der Waals surface area contributed by atoms with Gasteiger partial charge in [-0.2, -0.15) is 0 Å². The third-order valence-electron chi connectivity index (χ3n) is 6.92. The van der Waals surface area contributed by atoms with Crippen molar-refractivity contribution in [3.05, 3.63) is 39.5 Å². The van der Waals surface area contributed by atoms with Crippen LogP contribution in [-0.4, -0.2) is 64.9 Å². The Labute approximate surface area is 222 Å². The molecule has 35 heavy (non-hydrogen) atoms. The lowest BCUT2D eigenvalue weighted by Gasteiger charge is -2.41. The van der Waals surface area contributed by atoms with Crippen LogP contribution in [0.15, 0.2) is 35.9 Å². The van der Waals surface area contributed by atoms with Crippen LogP contribution >= 0.6 is 22.6 Å². The molecular weight excluding hydrogens is 559 g/mol. The van der Waals surface area contributed by atoms with Gasteiger partial charge in [0.25, 0.3) is 0 Å². The van der Waals surface area contributed by atoms with Crippen molar-refractivity contribution in [2.45, 2.75) is 77.0 Å². The first kappa shape index (κ1) is 27.9. The summed E-state index contributed by atoms with van der Waals surface area (Å²) in [6.07, 6.45) is 5.95. The SMILES string of the molecule is CC(C)CCN(C(=O)CC1CCCC1)C1CC(C(=O)NCCO)=CC(Oc2ccccc2I)C1O. The molecular formula is C27H39IN2O5. The highest BCUT2D eigenvalue weighted by Crippen LogP contribution is 2.32. The zero-order valence-electron chi connectivity index (χ0n) is 20.8. The van der Waals surface area contributed by atoms with Gasteiger partial charge in [0.2, 0.25) is 11.8 Å². The summed E-state index contributed by atoms with van der Waals surface area (Å²) in [5.41, 5.74) is 0.466. The number of hydrogen-bond donors (Lipinski definition) is 3. The average Bonchev–Trinajstić information content (AvgIpc) is 3.33. The number of amides is 2. The fourth-order valence-corrected chi connectivity index (χ4v) is 5.43. The average molecular weight is 599 g/mol. The highest BCUT2D eigenvalue weighted by molar-refractivity contribution is 14.1. The monoisotopic (exact) mass is 598 g/mol. The molecule has 1 fully saturated rings. The van der Waals surface area contributed by atoms with E-state index >= 15 is 0 Å². The molecule has 0 spiro atoms. The third kappa shape index (κ3) is 7.92. The predicted octanol–water partition coefficient (Wildman–Crippen LogP) is 3.66. The Hall–Kier alpha value is -1.65. The van der Waals surface area contributed by atoms with Crippen LogP contribution < -0.4 is 10.1 Å². The van der Waals surface area contributed by atoms with E-state index in [4.69, 9.17) is 9.84 Å². The quantitative estimate of drug-likeness (QED) is 0.338. The highest BCUT2D eigenvalue weighted by Gasteiger charge is 2.40. The number of hydrogen-bond acceptors (Lipinski definition) is 5. The van der Waals surface area contributed by atoms with Crippen molar-refractivity contribution in [2.75, 3.05) is 19.7 Å². The summed E-state index contributed by atoms with van der Waals surface area (Å²) in [5, 5.41) is 23.3. The Morgan fingerprint density at radius 1 is 1.23 bits per heavy atom. The summed E-state index contributed by atoms with van der Waals surface area (Å²) in [4.78, 5) is 28.2. The second kappa shape index (κ2) is 13.6. The second-order valence-electron chi connectivity index (χ2n) is 10.1.